The fraction of sp³-hybridized carbons (Fsp3) is 0.222. The molecule has 2 heterocycles. The number of aliphatic imine (C=N–C) groups is 1. The Kier molecular flexibility index (Phi) is 5.63. The molecule has 1 aliphatic rings. The lowest BCUT2D eigenvalue weighted by atomic mass is 9.95. The number of hydrogen-bond acceptors (Lipinski definition) is 7. The number of esters is 1. The Labute approximate surface area is 163 Å². The van der Waals surface area contributed by atoms with Crippen molar-refractivity contribution in [1.29, 1.82) is 5.41 Å². The molecule has 1 aromatic heterocycles. The molecule has 0 radical (unpaired) electrons. The molecule has 2 aromatic rings. The number of benzene rings is 1. The highest BCUT2D eigenvalue weighted by Crippen LogP contribution is 2.36. The Morgan fingerprint density at radius 3 is 2.92 bits per heavy atom. The van der Waals surface area contributed by atoms with Gasteiger partial charge in [0.2, 0.25) is 0 Å². The maximum Gasteiger partial charge on any atom is 0.338 e. The summed E-state index contributed by atoms with van der Waals surface area (Å²) in [5.41, 5.74) is 2.59. The number of thiazole rings is 1. The van der Waals surface area contributed by atoms with Crippen LogP contribution in [0.3, 0.4) is 0 Å². The Morgan fingerprint density at radius 2 is 2.31 bits per heavy atom. The van der Waals surface area contributed by atoms with Crippen molar-refractivity contribution in [1.82, 2.24) is 10.3 Å². The van der Waals surface area contributed by atoms with Crippen LogP contribution in [0.5, 0.6) is 0 Å². The molecule has 1 atom stereocenters. The molecule has 0 aliphatic carbocycles. The summed E-state index contributed by atoms with van der Waals surface area (Å²) in [6.45, 7) is 3.99. The maximum atomic E-state index is 12.6. The van der Waals surface area contributed by atoms with Gasteiger partial charge in [-0.2, -0.15) is 0 Å². The number of nitrogens with one attached hydrogen (secondary N) is 2. The van der Waals surface area contributed by atoms with Gasteiger partial charge in [0.05, 0.1) is 17.9 Å². The van der Waals surface area contributed by atoms with Gasteiger partial charge in [-0.05, 0) is 31.0 Å². The first kappa shape index (κ1) is 18.5. The summed E-state index contributed by atoms with van der Waals surface area (Å²) in [5.74, 6) is 0.0435. The van der Waals surface area contributed by atoms with Crippen molar-refractivity contribution < 1.29 is 9.53 Å². The molecule has 0 saturated carbocycles. The zero-order valence-electron chi connectivity index (χ0n) is 14.2. The van der Waals surface area contributed by atoms with E-state index < -0.39 is 12.0 Å². The summed E-state index contributed by atoms with van der Waals surface area (Å²) >= 11 is 5.01. The van der Waals surface area contributed by atoms with Crippen molar-refractivity contribution >= 4 is 45.3 Å². The highest BCUT2D eigenvalue weighted by Gasteiger charge is 2.33. The quantitative estimate of drug-likeness (QED) is 0.555. The number of nitrogens with zero attached hydrogens (tertiary/aromatic N) is 2. The average molecular weight is 433 g/mol. The van der Waals surface area contributed by atoms with Crippen LogP contribution in [0.4, 0.5) is 0 Å². The Morgan fingerprint density at radius 1 is 1.50 bits per heavy atom. The Balaban J connectivity index is 2.16. The van der Waals surface area contributed by atoms with E-state index in [9.17, 15) is 4.79 Å². The molecule has 1 aliphatic heterocycles. The standard InChI is InChI=1S/C18H17BrN4O2S/c1-3-25-18(24)14-13(9-20)22-16(17-21-6-7-26-17)23-15(14)11-5-4-10(2)8-12(11)19/h4-9,15,20H,3H2,1-2H3,(H,22,23). The Bertz CT molecular complexity index is 906. The summed E-state index contributed by atoms with van der Waals surface area (Å²) in [7, 11) is 0. The first-order valence-electron chi connectivity index (χ1n) is 7.97. The van der Waals surface area contributed by atoms with Gasteiger partial charge in [-0.1, -0.05) is 28.1 Å². The first-order valence-corrected chi connectivity index (χ1v) is 9.65. The lowest BCUT2D eigenvalue weighted by Crippen LogP contribution is -2.34. The minimum Gasteiger partial charge on any atom is -0.463 e. The van der Waals surface area contributed by atoms with Crippen LogP contribution in [0.15, 0.2) is 50.5 Å². The molecule has 1 aromatic carbocycles. The van der Waals surface area contributed by atoms with E-state index in [1.54, 1.807) is 13.1 Å². The lowest BCUT2D eigenvalue weighted by molar-refractivity contribution is -0.138. The van der Waals surface area contributed by atoms with Crippen molar-refractivity contribution in [2.24, 2.45) is 4.99 Å². The van der Waals surface area contributed by atoms with Crippen LogP contribution >= 0.6 is 27.3 Å². The number of ether oxygens (including phenoxy) is 1. The van der Waals surface area contributed by atoms with Gasteiger partial charge < -0.3 is 15.5 Å². The molecule has 2 N–H and O–H groups in total. The predicted octanol–water partition coefficient (Wildman–Crippen LogP) is 3.77. The van der Waals surface area contributed by atoms with Gasteiger partial charge in [0.1, 0.15) is 6.04 Å². The highest BCUT2D eigenvalue weighted by atomic mass is 79.9. The maximum absolute atomic E-state index is 12.6. The van der Waals surface area contributed by atoms with Crippen molar-refractivity contribution in [3.05, 3.63) is 61.7 Å². The van der Waals surface area contributed by atoms with Crippen molar-refractivity contribution in [2.75, 3.05) is 6.61 Å². The summed E-state index contributed by atoms with van der Waals surface area (Å²) in [5, 5.41) is 13.4. The zero-order chi connectivity index (χ0) is 18.7. The number of aromatic nitrogens is 1. The normalized spacial score (nSPS) is 16.7. The van der Waals surface area contributed by atoms with Crippen LogP contribution in [-0.4, -0.2) is 29.6 Å². The number of allylic oxidation sites excluding steroid dienone is 1. The van der Waals surface area contributed by atoms with Gasteiger partial charge in [-0.3, -0.25) is 4.99 Å². The van der Waals surface area contributed by atoms with Gasteiger partial charge in [0, 0.05) is 22.3 Å². The summed E-state index contributed by atoms with van der Waals surface area (Å²) in [6.07, 6.45) is 2.80. The minimum absolute atomic E-state index is 0.248. The van der Waals surface area contributed by atoms with E-state index in [0.29, 0.717) is 22.1 Å². The third-order valence-corrected chi connectivity index (χ3v) is 5.27. The van der Waals surface area contributed by atoms with Crippen molar-refractivity contribution in [3.63, 3.8) is 0 Å². The fourth-order valence-electron chi connectivity index (χ4n) is 2.64. The van der Waals surface area contributed by atoms with E-state index in [0.717, 1.165) is 21.8 Å². The third-order valence-electron chi connectivity index (χ3n) is 3.80. The number of rotatable bonds is 5. The predicted molar refractivity (Wildman–Crippen MR) is 106 cm³/mol. The van der Waals surface area contributed by atoms with E-state index in [1.807, 2.05) is 30.5 Å². The second-order valence-corrected chi connectivity index (χ2v) is 7.31. The molecule has 8 heteroatoms. The molecule has 134 valence electrons. The zero-order valence-corrected chi connectivity index (χ0v) is 16.6. The van der Waals surface area contributed by atoms with E-state index in [-0.39, 0.29) is 6.61 Å². The van der Waals surface area contributed by atoms with Gasteiger partial charge in [0.25, 0.3) is 0 Å². The average Bonchev–Trinajstić information content (AvgIpc) is 3.15. The molecule has 1 unspecified atom stereocenters. The number of hydrogen-bond donors (Lipinski definition) is 2. The van der Waals surface area contributed by atoms with Crippen LogP contribution in [0.1, 0.15) is 29.1 Å². The molecule has 0 amide bonds. The van der Waals surface area contributed by atoms with Crippen LogP contribution in [-0.2, 0) is 9.53 Å². The molecular weight excluding hydrogens is 416 g/mol. The van der Waals surface area contributed by atoms with Crippen molar-refractivity contribution in [2.45, 2.75) is 19.9 Å². The molecular formula is C18H17BrN4O2S. The van der Waals surface area contributed by atoms with Crippen LogP contribution < -0.4 is 5.32 Å². The minimum atomic E-state index is -0.597. The number of carbonyl (C=O) groups is 1. The van der Waals surface area contributed by atoms with E-state index in [1.165, 1.54) is 11.3 Å². The smallest absolute Gasteiger partial charge is 0.338 e. The number of aryl methyl sites for hydroxylation is 1. The molecule has 6 nitrogen and oxygen atoms in total. The van der Waals surface area contributed by atoms with Crippen molar-refractivity contribution in [3.8, 4) is 0 Å². The molecule has 0 fully saturated rings. The van der Waals surface area contributed by atoms with Crippen LogP contribution in [0.25, 0.3) is 0 Å². The largest absolute Gasteiger partial charge is 0.463 e. The summed E-state index contributed by atoms with van der Waals surface area (Å²) in [6, 6.07) is 5.27. The van der Waals surface area contributed by atoms with Gasteiger partial charge in [-0.25, -0.2) is 9.78 Å². The van der Waals surface area contributed by atoms with Gasteiger partial charge in [-0.15, -0.1) is 11.3 Å². The number of amidine groups is 1. The van der Waals surface area contributed by atoms with Gasteiger partial charge >= 0.3 is 5.97 Å². The fourth-order valence-corrected chi connectivity index (χ4v) is 3.94. The SMILES string of the molecule is CCOC(=O)C1=C(C=N)NC(c2nccs2)=NC1c1ccc(C)cc1Br. The third kappa shape index (κ3) is 3.61. The van der Waals surface area contributed by atoms with E-state index in [2.05, 4.69) is 26.2 Å². The monoisotopic (exact) mass is 432 g/mol. The van der Waals surface area contributed by atoms with E-state index in [4.69, 9.17) is 15.1 Å². The highest BCUT2D eigenvalue weighted by molar-refractivity contribution is 9.10. The molecule has 3 rings (SSSR count). The molecule has 0 bridgehead atoms. The van der Waals surface area contributed by atoms with Gasteiger partial charge in [0.15, 0.2) is 10.8 Å². The lowest BCUT2D eigenvalue weighted by Gasteiger charge is -2.26. The number of halogens is 1. The first-order chi connectivity index (χ1) is 12.5. The topological polar surface area (TPSA) is 87.4 Å². The second kappa shape index (κ2) is 7.92. The molecule has 0 spiro atoms. The molecule has 0 saturated heterocycles. The van der Waals surface area contributed by atoms with E-state index >= 15 is 0 Å². The van der Waals surface area contributed by atoms with Crippen LogP contribution in [0, 0.1) is 12.3 Å². The Hall–Kier alpha value is -2.32. The van der Waals surface area contributed by atoms with Crippen LogP contribution in [0.2, 0.25) is 0 Å². The summed E-state index contributed by atoms with van der Waals surface area (Å²) in [4.78, 5) is 21.6. The second-order valence-electron chi connectivity index (χ2n) is 5.56. The summed E-state index contributed by atoms with van der Waals surface area (Å²) < 4.78 is 6.06. The molecule has 26 heavy (non-hydrogen) atoms. The number of carbonyl (C=O) groups excluding carboxylic acids is 1.